The van der Waals surface area contributed by atoms with Crippen LogP contribution in [0.1, 0.15) is 13.3 Å². The molecule has 0 saturated carbocycles. The summed E-state index contributed by atoms with van der Waals surface area (Å²) >= 11 is 7.47. The van der Waals surface area contributed by atoms with Crippen molar-refractivity contribution in [2.75, 3.05) is 11.9 Å². The van der Waals surface area contributed by atoms with Crippen molar-refractivity contribution < 1.29 is 0 Å². The van der Waals surface area contributed by atoms with E-state index in [1.165, 1.54) is 0 Å². The lowest BCUT2D eigenvalue weighted by molar-refractivity contribution is 0.943. The third kappa shape index (κ3) is 3.28. The molecule has 0 aliphatic carbocycles. The number of benzene rings is 1. The SMILES string of the molecule is CCCNc1nc(Sc2ccc(Cl)cc2)c2[nH]cnc2n1. The van der Waals surface area contributed by atoms with Crippen LogP contribution in [0.5, 0.6) is 0 Å². The zero-order chi connectivity index (χ0) is 14.7. The largest absolute Gasteiger partial charge is 0.354 e. The Kier molecular flexibility index (Phi) is 4.26. The van der Waals surface area contributed by atoms with Gasteiger partial charge in [-0.2, -0.15) is 4.98 Å². The predicted molar refractivity (Wildman–Crippen MR) is 86.0 cm³/mol. The van der Waals surface area contributed by atoms with Gasteiger partial charge in [-0.15, -0.1) is 0 Å². The standard InChI is InChI=1S/C14H14ClN5S/c1-2-7-16-14-19-12-11(17-8-18-12)13(20-14)21-10-5-3-9(15)4-6-10/h3-6,8H,2,7H2,1H3,(H2,16,17,18,19,20). The Labute approximate surface area is 131 Å². The molecule has 3 rings (SSSR count). The highest BCUT2D eigenvalue weighted by atomic mass is 35.5. The molecule has 0 radical (unpaired) electrons. The van der Waals surface area contributed by atoms with Crippen LogP contribution in [0, 0.1) is 0 Å². The number of rotatable bonds is 5. The maximum atomic E-state index is 5.91. The van der Waals surface area contributed by atoms with E-state index in [1.807, 2.05) is 24.3 Å². The maximum absolute atomic E-state index is 5.91. The Hall–Kier alpha value is -1.79. The van der Waals surface area contributed by atoms with Gasteiger partial charge in [0.05, 0.1) is 6.33 Å². The summed E-state index contributed by atoms with van der Waals surface area (Å²) in [5.41, 5.74) is 1.51. The third-order valence-corrected chi connectivity index (χ3v) is 4.06. The molecule has 2 N–H and O–H groups in total. The number of H-pyrrole nitrogens is 1. The normalized spacial score (nSPS) is 11.0. The number of hydrogen-bond acceptors (Lipinski definition) is 5. The summed E-state index contributed by atoms with van der Waals surface area (Å²) in [6, 6.07) is 7.67. The lowest BCUT2D eigenvalue weighted by Gasteiger charge is -2.06. The summed E-state index contributed by atoms with van der Waals surface area (Å²) in [6.45, 7) is 2.93. The van der Waals surface area contributed by atoms with E-state index in [2.05, 4.69) is 32.2 Å². The maximum Gasteiger partial charge on any atom is 0.225 e. The van der Waals surface area contributed by atoms with Gasteiger partial charge >= 0.3 is 0 Å². The van der Waals surface area contributed by atoms with Gasteiger partial charge in [0.2, 0.25) is 5.95 Å². The predicted octanol–water partition coefficient (Wildman–Crippen LogP) is 3.98. The molecule has 0 unspecified atom stereocenters. The van der Waals surface area contributed by atoms with E-state index in [-0.39, 0.29) is 0 Å². The Morgan fingerprint density at radius 2 is 2.05 bits per heavy atom. The Balaban J connectivity index is 1.95. The van der Waals surface area contributed by atoms with E-state index < -0.39 is 0 Å². The fraction of sp³-hybridized carbons (Fsp3) is 0.214. The number of imidazole rings is 1. The van der Waals surface area contributed by atoms with Crippen LogP contribution in [0.4, 0.5) is 5.95 Å². The van der Waals surface area contributed by atoms with Crippen LogP contribution in [-0.4, -0.2) is 26.5 Å². The van der Waals surface area contributed by atoms with Crippen molar-refractivity contribution in [3.8, 4) is 0 Å². The summed E-state index contributed by atoms with van der Waals surface area (Å²) in [5, 5.41) is 4.77. The first-order valence-electron chi connectivity index (χ1n) is 6.64. The monoisotopic (exact) mass is 319 g/mol. The van der Waals surface area contributed by atoms with Gasteiger partial charge in [-0.05, 0) is 30.7 Å². The van der Waals surface area contributed by atoms with Gasteiger partial charge < -0.3 is 10.3 Å². The minimum absolute atomic E-state index is 0.605. The molecule has 0 fully saturated rings. The van der Waals surface area contributed by atoms with Crippen molar-refractivity contribution in [2.45, 2.75) is 23.3 Å². The molecule has 2 heterocycles. The molecule has 108 valence electrons. The smallest absolute Gasteiger partial charge is 0.225 e. The van der Waals surface area contributed by atoms with Crippen molar-refractivity contribution >= 4 is 40.5 Å². The average Bonchev–Trinajstić information content (AvgIpc) is 2.96. The fourth-order valence-corrected chi connectivity index (χ4v) is 2.82. The summed E-state index contributed by atoms with van der Waals surface area (Å²) in [5.74, 6) is 0.605. The molecule has 0 aliphatic heterocycles. The van der Waals surface area contributed by atoms with Crippen LogP contribution in [0.15, 0.2) is 40.5 Å². The zero-order valence-corrected chi connectivity index (χ0v) is 13.0. The van der Waals surface area contributed by atoms with Crippen LogP contribution in [0.25, 0.3) is 11.2 Å². The van der Waals surface area contributed by atoms with E-state index >= 15 is 0 Å². The molecule has 3 aromatic rings. The van der Waals surface area contributed by atoms with Crippen molar-refractivity contribution in [2.24, 2.45) is 0 Å². The molecule has 0 saturated heterocycles. The Bertz CT molecular complexity index is 741. The summed E-state index contributed by atoms with van der Waals surface area (Å²) in [4.78, 5) is 17.3. The van der Waals surface area contributed by atoms with Crippen molar-refractivity contribution in [1.82, 2.24) is 19.9 Å². The second-order valence-corrected chi connectivity index (χ2v) is 5.93. The van der Waals surface area contributed by atoms with Crippen LogP contribution < -0.4 is 5.32 Å². The van der Waals surface area contributed by atoms with E-state index in [9.17, 15) is 0 Å². The highest BCUT2D eigenvalue weighted by Crippen LogP contribution is 2.31. The van der Waals surface area contributed by atoms with Gasteiger partial charge in [0.25, 0.3) is 0 Å². The zero-order valence-electron chi connectivity index (χ0n) is 11.4. The molecule has 0 amide bonds. The molecule has 0 spiro atoms. The first-order chi connectivity index (χ1) is 10.3. The van der Waals surface area contributed by atoms with Crippen LogP contribution in [0.2, 0.25) is 5.02 Å². The number of aromatic amines is 1. The Morgan fingerprint density at radius 3 is 2.81 bits per heavy atom. The number of aromatic nitrogens is 4. The van der Waals surface area contributed by atoms with E-state index in [1.54, 1.807) is 18.1 Å². The molecule has 5 nitrogen and oxygen atoms in total. The molecular formula is C14H14ClN5S. The molecule has 21 heavy (non-hydrogen) atoms. The van der Waals surface area contributed by atoms with Gasteiger partial charge in [0.1, 0.15) is 10.5 Å². The highest BCUT2D eigenvalue weighted by molar-refractivity contribution is 7.99. The molecule has 1 aromatic carbocycles. The number of anilines is 1. The van der Waals surface area contributed by atoms with E-state index in [0.29, 0.717) is 11.6 Å². The molecule has 2 aromatic heterocycles. The van der Waals surface area contributed by atoms with Gasteiger partial charge in [-0.1, -0.05) is 30.3 Å². The minimum atomic E-state index is 0.605. The van der Waals surface area contributed by atoms with Crippen molar-refractivity contribution in [3.05, 3.63) is 35.6 Å². The third-order valence-electron chi connectivity index (χ3n) is 2.81. The first kappa shape index (κ1) is 14.2. The van der Waals surface area contributed by atoms with E-state index in [0.717, 1.165) is 33.4 Å². The number of nitrogens with zero attached hydrogens (tertiary/aromatic N) is 3. The number of fused-ring (bicyclic) bond motifs is 1. The number of nitrogens with one attached hydrogen (secondary N) is 2. The number of halogens is 1. The van der Waals surface area contributed by atoms with Gasteiger partial charge in [0.15, 0.2) is 5.65 Å². The van der Waals surface area contributed by atoms with Gasteiger partial charge in [-0.3, -0.25) is 0 Å². The van der Waals surface area contributed by atoms with Gasteiger partial charge in [0, 0.05) is 16.5 Å². The summed E-state index contributed by atoms with van der Waals surface area (Å²) in [6.07, 6.45) is 2.65. The topological polar surface area (TPSA) is 66.5 Å². The van der Waals surface area contributed by atoms with Crippen molar-refractivity contribution in [1.29, 1.82) is 0 Å². The summed E-state index contributed by atoms with van der Waals surface area (Å²) < 4.78 is 0. The van der Waals surface area contributed by atoms with Crippen LogP contribution >= 0.6 is 23.4 Å². The van der Waals surface area contributed by atoms with Crippen LogP contribution in [-0.2, 0) is 0 Å². The molecule has 0 bridgehead atoms. The summed E-state index contributed by atoms with van der Waals surface area (Å²) in [7, 11) is 0. The molecule has 0 aliphatic rings. The quantitative estimate of drug-likeness (QED) is 0.696. The fourth-order valence-electron chi connectivity index (χ4n) is 1.81. The number of hydrogen-bond donors (Lipinski definition) is 2. The van der Waals surface area contributed by atoms with Gasteiger partial charge in [-0.25, -0.2) is 9.97 Å². The average molecular weight is 320 g/mol. The first-order valence-corrected chi connectivity index (χ1v) is 7.84. The van der Waals surface area contributed by atoms with Crippen molar-refractivity contribution in [3.63, 3.8) is 0 Å². The molecule has 0 atom stereocenters. The molecular weight excluding hydrogens is 306 g/mol. The second kappa shape index (κ2) is 6.32. The minimum Gasteiger partial charge on any atom is -0.354 e. The Morgan fingerprint density at radius 1 is 1.24 bits per heavy atom. The molecule has 7 heteroatoms. The highest BCUT2D eigenvalue weighted by Gasteiger charge is 2.11. The lowest BCUT2D eigenvalue weighted by Crippen LogP contribution is -2.05. The van der Waals surface area contributed by atoms with E-state index in [4.69, 9.17) is 11.6 Å². The van der Waals surface area contributed by atoms with Crippen LogP contribution in [0.3, 0.4) is 0 Å². The second-order valence-electron chi connectivity index (χ2n) is 4.44. The lowest BCUT2D eigenvalue weighted by atomic mass is 10.4.